The number of amides is 1. The van der Waals surface area contributed by atoms with Gasteiger partial charge in [-0.15, -0.1) is 0 Å². The lowest BCUT2D eigenvalue weighted by atomic mass is 9.66. The molecule has 3 heterocycles. The number of benzene rings is 1. The highest BCUT2D eigenvalue weighted by Gasteiger charge is 2.62. The summed E-state index contributed by atoms with van der Waals surface area (Å²) in [4.78, 5) is 17.8. The quantitative estimate of drug-likeness (QED) is 0.786. The molecule has 0 unspecified atom stereocenters. The molecule has 0 bridgehead atoms. The van der Waals surface area contributed by atoms with E-state index >= 15 is 0 Å². The number of hydrogen-bond acceptors (Lipinski definition) is 6. The minimum Gasteiger partial charge on any atom is -0.487 e. The number of rotatable bonds is 4. The van der Waals surface area contributed by atoms with Gasteiger partial charge in [-0.25, -0.2) is 0 Å². The third-order valence-electron chi connectivity index (χ3n) is 7.75. The molecule has 31 heavy (non-hydrogen) atoms. The molecule has 4 aliphatic rings. The monoisotopic (exact) mass is 429 g/mol. The summed E-state index contributed by atoms with van der Waals surface area (Å²) >= 11 is 0. The first kappa shape index (κ1) is 21.2. The van der Waals surface area contributed by atoms with Crippen LogP contribution in [0.15, 0.2) is 18.2 Å². The maximum Gasteiger partial charge on any atom is 0.221 e. The van der Waals surface area contributed by atoms with Crippen LogP contribution in [-0.2, 0) is 19.7 Å². The second-order valence-electron chi connectivity index (χ2n) is 9.90. The molecule has 3 aliphatic heterocycles. The summed E-state index contributed by atoms with van der Waals surface area (Å²) in [6, 6.07) is 6.04. The molecule has 1 aromatic rings. The van der Waals surface area contributed by atoms with Gasteiger partial charge in [-0.1, -0.05) is 24.6 Å². The van der Waals surface area contributed by atoms with E-state index in [1.165, 1.54) is 11.1 Å². The molecular formula is C24H35N3O4. The van der Waals surface area contributed by atoms with Crippen molar-refractivity contribution in [3.8, 4) is 5.75 Å². The van der Waals surface area contributed by atoms with E-state index in [1.807, 2.05) is 0 Å². The number of fused-ring (bicyclic) bond motifs is 3. The SMILES string of the molecule is Cc1ccc2c(c1)[C@]1(C)CCC3(OCCO3)[C@H](NC(=O)CCN3CCN(C)CC3)[C@@H]1O2. The van der Waals surface area contributed by atoms with E-state index in [1.54, 1.807) is 0 Å². The molecule has 1 aliphatic carbocycles. The fourth-order valence-electron chi connectivity index (χ4n) is 5.70. The average Bonchev–Trinajstić information content (AvgIpc) is 3.34. The zero-order valence-corrected chi connectivity index (χ0v) is 19.0. The molecule has 3 atom stereocenters. The van der Waals surface area contributed by atoms with Gasteiger partial charge >= 0.3 is 0 Å². The lowest BCUT2D eigenvalue weighted by Crippen LogP contribution is -2.67. The van der Waals surface area contributed by atoms with Gasteiger partial charge in [0.25, 0.3) is 0 Å². The van der Waals surface area contributed by atoms with E-state index in [-0.39, 0.29) is 23.5 Å². The third-order valence-corrected chi connectivity index (χ3v) is 7.75. The molecule has 5 rings (SSSR count). The molecule has 0 radical (unpaired) electrons. The molecule has 1 aromatic carbocycles. The van der Waals surface area contributed by atoms with Crippen molar-refractivity contribution in [3.05, 3.63) is 29.3 Å². The molecule has 0 aromatic heterocycles. The Hall–Kier alpha value is -1.67. The Morgan fingerprint density at radius 2 is 1.90 bits per heavy atom. The van der Waals surface area contributed by atoms with Gasteiger partial charge in [0.1, 0.15) is 17.9 Å². The van der Waals surface area contributed by atoms with E-state index in [0.29, 0.717) is 19.6 Å². The number of hydrogen-bond donors (Lipinski definition) is 1. The molecule has 1 amide bonds. The highest BCUT2D eigenvalue weighted by molar-refractivity contribution is 5.77. The van der Waals surface area contributed by atoms with E-state index in [2.05, 4.69) is 54.2 Å². The summed E-state index contributed by atoms with van der Waals surface area (Å²) in [5, 5.41) is 3.30. The zero-order chi connectivity index (χ0) is 21.6. The second-order valence-corrected chi connectivity index (χ2v) is 9.90. The number of piperazine rings is 1. The summed E-state index contributed by atoms with van der Waals surface area (Å²) < 4.78 is 18.8. The normalized spacial score (nSPS) is 32.5. The molecule has 170 valence electrons. The topological polar surface area (TPSA) is 63.3 Å². The van der Waals surface area contributed by atoms with Crippen LogP contribution in [0.5, 0.6) is 5.75 Å². The van der Waals surface area contributed by atoms with Crippen molar-refractivity contribution in [3.63, 3.8) is 0 Å². The van der Waals surface area contributed by atoms with Gasteiger partial charge in [0.15, 0.2) is 5.79 Å². The van der Waals surface area contributed by atoms with Crippen molar-refractivity contribution in [2.45, 2.75) is 56.5 Å². The van der Waals surface area contributed by atoms with Crippen LogP contribution in [0.1, 0.15) is 37.3 Å². The molecule has 1 saturated carbocycles. The van der Waals surface area contributed by atoms with Crippen LogP contribution in [0.25, 0.3) is 0 Å². The minimum atomic E-state index is -0.787. The number of ether oxygens (including phenoxy) is 3. The van der Waals surface area contributed by atoms with E-state index < -0.39 is 5.79 Å². The Morgan fingerprint density at radius 3 is 2.65 bits per heavy atom. The molecule has 1 spiro atoms. The van der Waals surface area contributed by atoms with Crippen LogP contribution < -0.4 is 10.1 Å². The minimum absolute atomic E-state index is 0.0439. The number of nitrogens with zero attached hydrogens (tertiary/aromatic N) is 2. The largest absolute Gasteiger partial charge is 0.487 e. The fourth-order valence-corrected chi connectivity index (χ4v) is 5.70. The van der Waals surface area contributed by atoms with Gasteiger partial charge in [0, 0.05) is 56.5 Å². The van der Waals surface area contributed by atoms with Crippen LogP contribution in [-0.4, -0.2) is 86.6 Å². The van der Waals surface area contributed by atoms with Crippen LogP contribution >= 0.6 is 0 Å². The molecule has 7 heteroatoms. The lowest BCUT2D eigenvalue weighted by molar-refractivity contribution is -0.221. The van der Waals surface area contributed by atoms with Crippen molar-refractivity contribution < 1.29 is 19.0 Å². The molecule has 1 N–H and O–H groups in total. The Bertz CT molecular complexity index is 832. The lowest BCUT2D eigenvalue weighted by Gasteiger charge is -2.49. The standard InChI is InChI=1S/C24H35N3O4/c1-17-4-5-19-18(16-17)23(2)7-8-24(29-14-15-30-24)21(22(23)31-19)25-20(28)6-9-27-12-10-26(3)11-13-27/h4-5,16,21-22H,6-15H2,1-3H3,(H,25,28)/t21-,22+,23+/m1/s1. The van der Waals surface area contributed by atoms with Gasteiger partial charge in [0.05, 0.1) is 13.2 Å². The van der Waals surface area contributed by atoms with Crippen LogP contribution in [0.4, 0.5) is 0 Å². The zero-order valence-electron chi connectivity index (χ0n) is 19.0. The Labute approximate surface area is 185 Å². The molecule has 2 saturated heterocycles. The van der Waals surface area contributed by atoms with Crippen molar-refractivity contribution in [1.82, 2.24) is 15.1 Å². The molecule has 7 nitrogen and oxygen atoms in total. The first-order chi connectivity index (χ1) is 14.9. The summed E-state index contributed by atoms with van der Waals surface area (Å²) in [6.45, 7) is 10.4. The summed E-state index contributed by atoms with van der Waals surface area (Å²) in [5.41, 5.74) is 2.30. The van der Waals surface area contributed by atoms with Crippen molar-refractivity contribution >= 4 is 5.91 Å². The number of aryl methyl sites for hydroxylation is 1. The van der Waals surface area contributed by atoms with Gasteiger partial charge in [-0.2, -0.15) is 0 Å². The van der Waals surface area contributed by atoms with Crippen LogP contribution in [0, 0.1) is 6.92 Å². The van der Waals surface area contributed by atoms with E-state index in [4.69, 9.17) is 14.2 Å². The number of nitrogens with one attached hydrogen (secondary N) is 1. The van der Waals surface area contributed by atoms with Crippen molar-refractivity contribution in [2.24, 2.45) is 0 Å². The van der Waals surface area contributed by atoms with Gasteiger partial charge in [-0.05, 0) is 26.5 Å². The molecule has 3 fully saturated rings. The van der Waals surface area contributed by atoms with Gasteiger partial charge in [-0.3, -0.25) is 4.79 Å². The third kappa shape index (κ3) is 3.75. The predicted octanol–water partition coefficient (Wildman–Crippen LogP) is 1.67. The summed E-state index contributed by atoms with van der Waals surface area (Å²) in [7, 11) is 2.15. The maximum atomic E-state index is 13.1. The summed E-state index contributed by atoms with van der Waals surface area (Å²) in [5.74, 6) is 0.178. The smallest absolute Gasteiger partial charge is 0.221 e. The average molecular weight is 430 g/mol. The van der Waals surface area contributed by atoms with Crippen molar-refractivity contribution in [1.29, 1.82) is 0 Å². The van der Waals surface area contributed by atoms with Crippen LogP contribution in [0.3, 0.4) is 0 Å². The maximum absolute atomic E-state index is 13.1. The predicted molar refractivity (Wildman–Crippen MR) is 117 cm³/mol. The first-order valence-corrected chi connectivity index (χ1v) is 11.7. The highest BCUT2D eigenvalue weighted by Crippen LogP contribution is 2.54. The molecular weight excluding hydrogens is 394 g/mol. The Kier molecular flexibility index (Phi) is 5.49. The number of carbonyl (C=O) groups is 1. The van der Waals surface area contributed by atoms with Crippen LogP contribution in [0.2, 0.25) is 0 Å². The Balaban J connectivity index is 1.33. The number of carbonyl (C=O) groups excluding carboxylic acids is 1. The second kappa shape index (κ2) is 8.03. The fraction of sp³-hybridized carbons (Fsp3) is 0.708. The Morgan fingerprint density at radius 1 is 1.16 bits per heavy atom. The van der Waals surface area contributed by atoms with E-state index in [9.17, 15) is 4.79 Å². The number of likely N-dealkylation sites (N-methyl/N-ethyl adjacent to an activating group) is 1. The van der Waals surface area contributed by atoms with Gasteiger partial charge < -0.3 is 29.3 Å². The van der Waals surface area contributed by atoms with Crippen molar-refractivity contribution in [2.75, 3.05) is 53.0 Å². The highest BCUT2D eigenvalue weighted by atomic mass is 16.7. The van der Waals surface area contributed by atoms with E-state index in [0.717, 1.165) is 51.3 Å². The first-order valence-electron chi connectivity index (χ1n) is 11.7. The van der Waals surface area contributed by atoms with Gasteiger partial charge in [0.2, 0.25) is 5.91 Å². The summed E-state index contributed by atoms with van der Waals surface area (Å²) in [6.07, 6.45) is 1.93.